The lowest BCUT2D eigenvalue weighted by Crippen LogP contribution is -2.32. The van der Waals surface area contributed by atoms with Gasteiger partial charge in [0.05, 0.1) is 11.4 Å². The van der Waals surface area contributed by atoms with Crippen molar-refractivity contribution in [1.82, 2.24) is 5.32 Å². The number of hydrogen-bond donors (Lipinski definition) is 3. The van der Waals surface area contributed by atoms with E-state index < -0.39 is 22.6 Å². The summed E-state index contributed by atoms with van der Waals surface area (Å²) < 4.78 is 52.1. The molecule has 0 bridgehead atoms. The molecule has 5 nitrogen and oxygen atoms in total. The number of anilines is 3. The minimum absolute atomic E-state index is 0. The Bertz CT molecular complexity index is 782. The third kappa shape index (κ3) is 4.30. The largest absolute Gasteiger partial charge is 0.320 e. The molecule has 3 rings (SSSR count). The summed E-state index contributed by atoms with van der Waals surface area (Å²) in [6.45, 7) is 1.34. The van der Waals surface area contributed by atoms with Gasteiger partial charge in [0.2, 0.25) is 0 Å². The molecule has 1 aliphatic heterocycles. The SMILES string of the molecule is CNCCCCCN1c2ccccc2N(c2ccc(F)cc2F)S1(O)O.Cl. The Morgan fingerprint density at radius 1 is 0.963 bits per heavy atom. The molecule has 3 N–H and O–H groups in total. The average molecular weight is 420 g/mol. The lowest BCUT2D eigenvalue weighted by atomic mass is 10.2. The number of halogens is 3. The van der Waals surface area contributed by atoms with E-state index in [1.54, 1.807) is 24.3 Å². The first-order chi connectivity index (χ1) is 12.5. The number of unbranched alkanes of at least 4 members (excludes halogenated alkanes) is 2. The van der Waals surface area contributed by atoms with Gasteiger partial charge < -0.3 is 5.32 Å². The Labute approximate surface area is 166 Å². The topological polar surface area (TPSA) is 59.0 Å². The number of nitrogens with one attached hydrogen (secondary N) is 1. The van der Waals surface area contributed by atoms with Crippen molar-refractivity contribution >= 4 is 40.4 Å². The van der Waals surface area contributed by atoms with Gasteiger partial charge in [-0.15, -0.1) is 12.4 Å². The first kappa shape index (κ1) is 21.7. The van der Waals surface area contributed by atoms with E-state index in [0.717, 1.165) is 37.9 Å². The zero-order valence-corrected chi connectivity index (χ0v) is 16.6. The van der Waals surface area contributed by atoms with E-state index in [1.807, 2.05) is 7.05 Å². The second kappa shape index (κ2) is 9.07. The van der Waals surface area contributed by atoms with Gasteiger partial charge in [-0.05, 0) is 61.7 Å². The molecule has 0 atom stereocenters. The van der Waals surface area contributed by atoms with Crippen LogP contribution in [0.3, 0.4) is 0 Å². The van der Waals surface area contributed by atoms with Crippen LogP contribution in [0.4, 0.5) is 25.8 Å². The van der Waals surface area contributed by atoms with E-state index in [9.17, 15) is 17.9 Å². The number of rotatable bonds is 7. The molecule has 0 aliphatic carbocycles. The van der Waals surface area contributed by atoms with Crippen LogP contribution in [0.25, 0.3) is 0 Å². The first-order valence-corrected chi connectivity index (χ1v) is 9.97. The normalized spacial score (nSPS) is 16.0. The van der Waals surface area contributed by atoms with Crippen molar-refractivity contribution in [3.8, 4) is 0 Å². The molecule has 0 amide bonds. The molecule has 0 spiro atoms. The molecule has 0 fully saturated rings. The quantitative estimate of drug-likeness (QED) is 0.530. The van der Waals surface area contributed by atoms with Crippen LogP contribution in [-0.4, -0.2) is 29.2 Å². The van der Waals surface area contributed by atoms with Crippen LogP contribution < -0.4 is 13.9 Å². The molecular formula is C18H24ClF2N3O2S. The van der Waals surface area contributed by atoms with E-state index in [-0.39, 0.29) is 18.1 Å². The summed E-state index contributed by atoms with van der Waals surface area (Å²) in [6.07, 6.45) is 2.69. The number of para-hydroxylation sites is 2. The third-order valence-electron chi connectivity index (χ3n) is 4.33. The molecule has 0 radical (unpaired) electrons. The fourth-order valence-corrected chi connectivity index (χ4v) is 4.91. The Balaban J connectivity index is 0.00000261. The van der Waals surface area contributed by atoms with Gasteiger partial charge in [0.25, 0.3) is 0 Å². The van der Waals surface area contributed by atoms with E-state index in [1.165, 1.54) is 14.7 Å². The fourth-order valence-electron chi connectivity index (χ4n) is 3.09. The van der Waals surface area contributed by atoms with Crippen molar-refractivity contribution < 1.29 is 17.9 Å². The van der Waals surface area contributed by atoms with Crippen LogP contribution in [0.1, 0.15) is 19.3 Å². The predicted molar refractivity (Wildman–Crippen MR) is 110 cm³/mol. The van der Waals surface area contributed by atoms with Crippen molar-refractivity contribution in [3.05, 3.63) is 54.1 Å². The summed E-state index contributed by atoms with van der Waals surface area (Å²) in [5.74, 6) is -1.55. The van der Waals surface area contributed by atoms with E-state index in [0.29, 0.717) is 17.9 Å². The van der Waals surface area contributed by atoms with Gasteiger partial charge in [-0.3, -0.25) is 13.4 Å². The standard InChI is InChI=1S/C18H23F2N3O2S.ClH/c1-21-11-5-2-6-12-22-17-7-3-4-8-18(17)23(26(22,24)25)16-10-9-14(19)13-15(16)20;/h3-4,7-10,13,21,24-25H,2,5-6,11-12H2,1H3;1H. The van der Waals surface area contributed by atoms with Gasteiger partial charge in [0.1, 0.15) is 11.5 Å². The lowest BCUT2D eigenvalue weighted by Gasteiger charge is -2.43. The van der Waals surface area contributed by atoms with E-state index in [4.69, 9.17) is 0 Å². The Hall–Kier alpha value is -1.58. The second-order valence-electron chi connectivity index (χ2n) is 6.14. The molecule has 1 aliphatic rings. The van der Waals surface area contributed by atoms with Gasteiger partial charge in [0, 0.05) is 12.6 Å². The van der Waals surface area contributed by atoms with Gasteiger partial charge in [-0.25, -0.2) is 13.1 Å². The first-order valence-electron chi connectivity index (χ1n) is 8.51. The van der Waals surface area contributed by atoms with Crippen LogP contribution in [0.15, 0.2) is 42.5 Å². The Morgan fingerprint density at radius 3 is 2.33 bits per heavy atom. The summed E-state index contributed by atoms with van der Waals surface area (Å²) in [4.78, 5) is 0. The van der Waals surface area contributed by atoms with Crippen molar-refractivity contribution in [3.63, 3.8) is 0 Å². The predicted octanol–water partition coefficient (Wildman–Crippen LogP) is 5.32. The zero-order chi connectivity index (χ0) is 18.7. The van der Waals surface area contributed by atoms with Crippen molar-refractivity contribution in [1.29, 1.82) is 0 Å². The van der Waals surface area contributed by atoms with Crippen LogP contribution in [0.2, 0.25) is 0 Å². The molecule has 0 saturated carbocycles. The summed E-state index contributed by atoms with van der Waals surface area (Å²) >= 11 is 0. The van der Waals surface area contributed by atoms with Crippen LogP contribution in [0, 0.1) is 11.6 Å². The molecule has 2 aromatic rings. The van der Waals surface area contributed by atoms with Crippen LogP contribution in [0.5, 0.6) is 0 Å². The zero-order valence-electron chi connectivity index (χ0n) is 14.9. The molecule has 0 aromatic heterocycles. The monoisotopic (exact) mass is 419 g/mol. The van der Waals surface area contributed by atoms with E-state index >= 15 is 0 Å². The van der Waals surface area contributed by atoms with Gasteiger partial charge in [-0.1, -0.05) is 18.6 Å². The molecule has 9 heteroatoms. The number of hydrogen-bond acceptors (Lipinski definition) is 5. The van der Waals surface area contributed by atoms with Crippen molar-refractivity contribution in [2.45, 2.75) is 19.3 Å². The maximum Gasteiger partial charge on any atom is 0.151 e. The average Bonchev–Trinajstić information content (AvgIpc) is 2.82. The molecule has 150 valence electrons. The van der Waals surface area contributed by atoms with Crippen molar-refractivity contribution in [2.24, 2.45) is 0 Å². The van der Waals surface area contributed by atoms with Gasteiger partial charge in [-0.2, -0.15) is 0 Å². The Kier molecular flexibility index (Phi) is 7.30. The van der Waals surface area contributed by atoms with Gasteiger partial charge >= 0.3 is 0 Å². The van der Waals surface area contributed by atoms with Crippen molar-refractivity contribution in [2.75, 3.05) is 28.7 Å². The minimum atomic E-state index is -3.48. The smallest absolute Gasteiger partial charge is 0.151 e. The molecule has 2 aromatic carbocycles. The molecule has 1 heterocycles. The molecule has 0 unspecified atom stereocenters. The molecule has 0 saturated heterocycles. The molecular weight excluding hydrogens is 396 g/mol. The molecule has 27 heavy (non-hydrogen) atoms. The fraction of sp³-hybridized carbons (Fsp3) is 0.333. The van der Waals surface area contributed by atoms with Gasteiger partial charge in [0.15, 0.2) is 5.82 Å². The maximum absolute atomic E-state index is 14.3. The summed E-state index contributed by atoms with van der Waals surface area (Å²) in [5, 5.41) is 3.08. The van der Waals surface area contributed by atoms with Crippen LogP contribution >= 0.6 is 23.4 Å². The second-order valence-corrected chi connectivity index (χ2v) is 7.92. The highest BCUT2D eigenvalue weighted by Gasteiger charge is 2.42. The Morgan fingerprint density at radius 2 is 1.67 bits per heavy atom. The number of benzene rings is 2. The summed E-state index contributed by atoms with van der Waals surface area (Å²) in [5.41, 5.74) is 1.06. The lowest BCUT2D eigenvalue weighted by molar-refractivity contribution is 0.481. The maximum atomic E-state index is 14.3. The highest BCUT2D eigenvalue weighted by molar-refractivity contribution is 8.27. The third-order valence-corrected chi connectivity index (χ3v) is 6.18. The van der Waals surface area contributed by atoms with E-state index in [2.05, 4.69) is 5.32 Å². The van der Waals surface area contributed by atoms with Crippen LogP contribution in [-0.2, 0) is 0 Å². The minimum Gasteiger partial charge on any atom is -0.320 e. The highest BCUT2D eigenvalue weighted by Crippen LogP contribution is 2.64. The summed E-state index contributed by atoms with van der Waals surface area (Å²) in [7, 11) is -1.59. The number of fused-ring (bicyclic) bond motifs is 1. The highest BCUT2D eigenvalue weighted by atomic mass is 35.5. The summed E-state index contributed by atoms with van der Waals surface area (Å²) in [6, 6.07) is 10.1. The number of nitrogens with zero attached hydrogens (tertiary/aromatic N) is 2.